The number of amides is 1. The predicted octanol–water partition coefficient (Wildman–Crippen LogP) is 1.67. The monoisotopic (exact) mass is 350 g/mol. The summed E-state index contributed by atoms with van der Waals surface area (Å²) in [4.78, 5) is 28.2. The van der Waals surface area contributed by atoms with Crippen LogP contribution in [0.5, 0.6) is 11.5 Å². The molecule has 0 unspecified atom stereocenters. The second kappa shape index (κ2) is 6.67. The standard InChI is InChI=1S/C18H14N4O4/c23-17(20-16-3-1-2-8-19-16)10-22-18(24)7-5-13(21-22)12-4-6-14-15(9-12)26-11-25-14/h1-9H,10-11H2,(H,19,20,23). The third-order valence-corrected chi connectivity index (χ3v) is 3.76. The summed E-state index contributed by atoms with van der Waals surface area (Å²) in [6.07, 6.45) is 1.57. The first-order chi connectivity index (χ1) is 12.7. The topological polar surface area (TPSA) is 95.3 Å². The van der Waals surface area contributed by atoms with Crippen LogP contribution in [0, 0.1) is 0 Å². The molecule has 0 spiro atoms. The number of rotatable bonds is 4. The van der Waals surface area contributed by atoms with Gasteiger partial charge in [-0.3, -0.25) is 9.59 Å². The maximum absolute atomic E-state index is 12.1. The van der Waals surface area contributed by atoms with Crippen LogP contribution in [0.1, 0.15) is 0 Å². The van der Waals surface area contributed by atoms with E-state index in [-0.39, 0.29) is 24.8 Å². The number of nitrogens with one attached hydrogen (secondary N) is 1. The second-order valence-corrected chi connectivity index (χ2v) is 5.55. The van der Waals surface area contributed by atoms with E-state index in [1.807, 2.05) is 6.07 Å². The molecule has 1 aromatic carbocycles. The van der Waals surface area contributed by atoms with Crippen molar-refractivity contribution in [2.75, 3.05) is 12.1 Å². The van der Waals surface area contributed by atoms with Crippen LogP contribution >= 0.6 is 0 Å². The van der Waals surface area contributed by atoms with Crippen LogP contribution in [0.25, 0.3) is 11.3 Å². The number of carbonyl (C=O) groups excluding carboxylic acids is 1. The highest BCUT2D eigenvalue weighted by atomic mass is 16.7. The Labute approximate surface area is 148 Å². The Balaban J connectivity index is 1.56. The first-order valence-corrected chi connectivity index (χ1v) is 7.88. The van der Waals surface area contributed by atoms with E-state index in [4.69, 9.17) is 9.47 Å². The number of pyridine rings is 1. The molecule has 0 radical (unpaired) electrons. The van der Waals surface area contributed by atoms with Crippen molar-refractivity contribution in [3.63, 3.8) is 0 Å². The molecular formula is C18H14N4O4. The van der Waals surface area contributed by atoms with Gasteiger partial charge in [-0.15, -0.1) is 0 Å². The lowest BCUT2D eigenvalue weighted by atomic mass is 10.1. The molecule has 3 aromatic rings. The van der Waals surface area contributed by atoms with Crippen molar-refractivity contribution < 1.29 is 14.3 Å². The maximum atomic E-state index is 12.1. The third kappa shape index (κ3) is 3.25. The zero-order valence-electron chi connectivity index (χ0n) is 13.6. The number of carbonyl (C=O) groups is 1. The lowest BCUT2D eigenvalue weighted by Crippen LogP contribution is -2.29. The molecule has 2 aromatic heterocycles. The van der Waals surface area contributed by atoms with Gasteiger partial charge in [-0.2, -0.15) is 5.10 Å². The SMILES string of the molecule is O=C(Cn1nc(-c2ccc3c(c2)OCO3)ccc1=O)Nc1ccccn1. The van der Waals surface area contributed by atoms with Crippen molar-refractivity contribution in [2.45, 2.75) is 6.54 Å². The number of hydrogen-bond donors (Lipinski definition) is 1. The van der Waals surface area contributed by atoms with Gasteiger partial charge in [0.25, 0.3) is 5.56 Å². The van der Waals surface area contributed by atoms with E-state index < -0.39 is 0 Å². The zero-order valence-corrected chi connectivity index (χ0v) is 13.6. The Bertz CT molecular complexity index is 1020. The summed E-state index contributed by atoms with van der Waals surface area (Å²) < 4.78 is 11.7. The highest BCUT2D eigenvalue weighted by molar-refractivity contribution is 5.89. The molecule has 130 valence electrons. The van der Waals surface area contributed by atoms with Crippen molar-refractivity contribution in [3.8, 4) is 22.8 Å². The van der Waals surface area contributed by atoms with Crippen LogP contribution < -0.4 is 20.3 Å². The number of ether oxygens (including phenoxy) is 2. The van der Waals surface area contributed by atoms with Crippen molar-refractivity contribution in [1.29, 1.82) is 0 Å². The van der Waals surface area contributed by atoms with E-state index >= 15 is 0 Å². The minimum absolute atomic E-state index is 0.180. The first-order valence-electron chi connectivity index (χ1n) is 7.88. The van der Waals surface area contributed by atoms with Gasteiger partial charge in [0, 0.05) is 17.8 Å². The van der Waals surface area contributed by atoms with Gasteiger partial charge in [-0.1, -0.05) is 6.07 Å². The predicted molar refractivity (Wildman–Crippen MR) is 92.9 cm³/mol. The second-order valence-electron chi connectivity index (χ2n) is 5.55. The van der Waals surface area contributed by atoms with Gasteiger partial charge in [-0.05, 0) is 36.4 Å². The van der Waals surface area contributed by atoms with Crippen molar-refractivity contribution in [1.82, 2.24) is 14.8 Å². The minimum Gasteiger partial charge on any atom is -0.454 e. The van der Waals surface area contributed by atoms with E-state index in [0.29, 0.717) is 23.0 Å². The van der Waals surface area contributed by atoms with E-state index in [0.717, 1.165) is 10.2 Å². The summed E-state index contributed by atoms with van der Waals surface area (Å²) >= 11 is 0. The van der Waals surface area contributed by atoms with Gasteiger partial charge >= 0.3 is 0 Å². The number of aromatic nitrogens is 3. The maximum Gasteiger partial charge on any atom is 0.267 e. The molecule has 1 amide bonds. The molecule has 0 saturated heterocycles. The minimum atomic E-state index is -0.388. The van der Waals surface area contributed by atoms with Crippen LogP contribution in [0.15, 0.2) is 59.5 Å². The molecule has 8 heteroatoms. The van der Waals surface area contributed by atoms with Gasteiger partial charge in [0.15, 0.2) is 11.5 Å². The van der Waals surface area contributed by atoms with Crippen molar-refractivity contribution >= 4 is 11.7 Å². The lowest BCUT2D eigenvalue weighted by Gasteiger charge is -2.08. The van der Waals surface area contributed by atoms with Crippen LogP contribution in [-0.2, 0) is 11.3 Å². The summed E-state index contributed by atoms with van der Waals surface area (Å²) in [7, 11) is 0. The molecule has 4 rings (SSSR count). The van der Waals surface area contributed by atoms with E-state index in [2.05, 4.69) is 15.4 Å². The van der Waals surface area contributed by atoms with E-state index in [1.165, 1.54) is 6.07 Å². The van der Waals surface area contributed by atoms with Crippen LogP contribution in [0.3, 0.4) is 0 Å². The fourth-order valence-corrected chi connectivity index (χ4v) is 2.53. The van der Waals surface area contributed by atoms with Gasteiger partial charge in [-0.25, -0.2) is 9.67 Å². The van der Waals surface area contributed by atoms with Gasteiger partial charge in [0.2, 0.25) is 12.7 Å². The highest BCUT2D eigenvalue weighted by Crippen LogP contribution is 2.35. The summed E-state index contributed by atoms with van der Waals surface area (Å²) in [6.45, 7) is -0.0345. The fourth-order valence-electron chi connectivity index (χ4n) is 2.53. The Morgan fingerprint density at radius 1 is 1.12 bits per heavy atom. The van der Waals surface area contributed by atoms with Gasteiger partial charge in [0.05, 0.1) is 5.69 Å². The van der Waals surface area contributed by atoms with E-state index in [9.17, 15) is 9.59 Å². The van der Waals surface area contributed by atoms with Crippen LogP contribution in [-0.4, -0.2) is 27.5 Å². The molecule has 0 saturated carbocycles. The fraction of sp³-hybridized carbons (Fsp3) is 0.111. The molecule has 3 heterocycles. The van der Waals surface area contributed by atoms with Crippen molar-refractivity contribution in [2.24, 2.45) is 0 Å². The summed E-state index contributed by atoms with van der Waals surface area (Å²) in [5.41, 5.74) is 0.937. The molecule has 8 nitrogen and oxygen atoms in total. The lowest BCUT2D eigenvalue weighted by molar-refractivity contribution is -0.117. The number of benzene rings is 1. The Hall–Kier alpha value is -3.68. The Morgan fingerprint density at radius 3 is 2.85 bits per heavy atom. The average molecular weight is 350 g/mol. The quantitative estimate of drug-likeness (QED) is 0.769. The molecule has 0 fully saturated rings. The number of fused-ring (bicyclic) bond motifs is 1. The molecule has 1 aliphatic rings. The number of hydrogen-bond acceptors (Lipinski definition) is 6. The Kier molecular flexibility index (Phi) is 4.06. The summed E-state index contributed by atoms with van der Waals surface area (Å²) in [5, 5.41) is 6.90. The van der Waals surface area contributed by atoms with Crippen molar-refractivity contribution in [3.05, 3.63) is 65.1 Å². The molecule has 1 aliphatic heterocycles. The normalized spacial score (nSPS) is 12.0. The molecule has 1 N–H and O–H groups in total. The Morgan fingerprint density at radius 2 is 2.00 bits per heavy atom. The van der Waals surface area contributed by atoms with E-state index in [1.54, 1.807) is 42.6 Å². The van der Waals surface area contributed by atoms with Crippen LogP contribution in [0.4, 0.5) is 5.82 Å². The number of anilines is 1. The molecule has 0 atom stereocenters. The summed E-state index contributed by atoms with van der Waals surface area (Å²) in [6, 6.07) is 13.5. The average Bonchev–Trinajstić information content (AvgIpc) is 3.12. The molecule has 0 aliphatic carbocycles. The van der Waals surface area contributed by atoms with Gasteiger partial charge in [0.1, 0.15) is 12.4 Å². The zero-order chi connectivity index (χ0) is 17.9. The van der Waals surface area contributed by atoms with Crippen LogP contribution in [0.2, 0.25) is 0 Å². The molecular weight excluding hydrogens is 336 g/mol. The summed E-state index contributed by atoms with van der Waals surface area (Å²) in [5.74, 6) is 1.31. The molecule has 0 bridgehead atoms. The van der Waals surface area contributed by atoms with Gasteiger partial charge < -0.3 is 14.8 Å². The largest absolute Gasteiger partial charge is 0.454 e. The molecule has 26 heavy (non-hydrogen) atoms. The number of nitrogens with zero attached hydrogens (tertiary/aromatic N) is 3. The highest BCUT2D eigenvalue weighted by Gasteiger charge is 2.15. The first kappa shape index (κ1) is 15.8. The third-order valence-electron chi connectivity index (χ3n) is 3.76. The smallest absolute Gasteiger partial charge is 0.267 e.